The Morgan fingerprint density at radius 3 is 2.06 bits per heavy atom. The number of hydrogen-bond donors (Lipinski definition) is 0. The SMILES string of the molecule is C1=CC2c3cc(-c4cccc5c4c4ccccc4n5C4C=CC(c5ccc(-c6ccccc6)cc5)=CC4)ccc3N(c3ccccc3)C2C=C1. The highest BCUT2D eigenvalue weighted by atomic mass is 15.2. The number of hydrogen-bond acceptors (Lipinski definition) is 1. The smallest absolute Gasteiger partial charge is 0.0629 e. The Morgan fingerprint density at radius 2 is 1.24 bits per heavy atom. The lowest BCUT2D eigenvalue weighted by Gasteiger charge is -2.28. The quantitative estimate of drug-likeness (QED) is 0.182. The number of anilines is 2. The van der Waals surface area contributed by atoms with Gasteiger partial charge in [-0.25, -0.2) is 0 Å². The Bertz CT molecular complexity index is 2510. The molecule has 1 aliphatic heterocycles. The molecule has 0 saturated carbocycles. The predicted octanol–water partition coefficient (Wildman–Crippen LogP) is 12.4. The first kappa shape index (κ1) is 28.9. The Balaban J connectivity index is 1.03. The Morgan fingerprint density at radius 1 is 0.540 bits per heavy atom. The Labute approximate surface area is 293 Å². The van der Waals surface area contributed by atoms with Gasteiger partial charge in [-0.1, -0.05) is 152 Å². The maximum atomic E-state index is 2.56. The van der Waals surface area contributed by atoms with Gasteiger partial charge in [-0.05, 0) is 81.8 Å². The van der Waals surface area contributed by atoms with E-state index >= 15 is 0 Å². The van der Waals surface area contributed by atoms with Gasteiger partial charge in [-0.3, -0.25) is 0 Å². The predicted molar refractivity (Wildman–Crippen MR) is 211 cm³/mol. The van der Waals surface area contributed by atoms with Crippen LogP contribution in [0.1, 0.15) is 29.5 Å². The fraction of sp³-hybridized carbons (Fsp3) is 0.0833. The van der Waals surface area contributed by atoms with Crippen molar-refractivity contribution in [1.29, 1.82) is 0 Å². The second-order valence-corrected chi connectivity index (χ2v) is 13.6. The van der Waals surface area contributed by atoms with E-state index in [2.05, 4.69) is 198 Å². The normalized spacial score (nSPS) is 19.2. The number of allylic oxidation sites excluding steroid dienone is 6. The molecule has 0 N–H and O–H groups in total. The summed E-state index contributed by atoms with van der Waals surface area (Å²) in [5.74, 6) is 0.318. The maximum absolute atomic E-state index is 2.56. The van der Waals surface area contributed by atoms with Crippen molar-refractivity contribution in [3.8, 4) is 22.3 Å². The molecule has 2 heterocycles. The van der Waals surface area contributed by atoms with E-state index in [1.165, 1.54) is 72.1 Å². The minimum atomic E-state index is 0.236. The van der Waals surface area contributed by atoms with Crippen LogP contribution in [0.25, 0.3) is 49.6 Å². The van der Waals surface area contributed by atoms with E-state index in [1.54, 1.807) is 0 Å². The third kappa shape index (κ3) is 4.64. The van der Waals surface area contributed by atoms with Gasteiger partial charge in [0.25, 0.3) is 0 Å². The van der Waals surface area contributed by atoms with Crippen molar-refractivity contribution in [1.82, 2.24) is 4.57 Å². The van der Waals surface area contributed by atoms with Crippen LogP contribution >= 0.6 is 0 Å². The molecule has 1 aromatic heterocycles. The van der Waals surface area contributed by atoms with E-state index in [-0.39, 0.29) is 12.1 Å². The van der Waals surface area contributed by atoms with Gasteiger partial charge >= 0.3 is 0 Å². The summed E-state index contributed by atoms with van der Waals surface area (Å²) in [6.45, 7) is 0. The van der Waals surface area contributed by atoms with Gasteiger partial charge < -0.3 is 9.47 Å². The number of fused-ring (bicyclic) bond motifs is 6. The summed E-state index contributed by atoms with van der Waals surface area (Å²) in [4.78, 5) is 2.51. The number of para-hydroxylation sites is 2. The largest absolute Gasteiger partial charge is 0.333 e. The van der Waals surface area contributed by atoms with Crippen molar-refractivity contribution >= 4 is 38.8 Å². The van der Waals surface area contributed by atoms with Gasteiger partial charge in [0, 0.05) is 33.6 Å². The van der Waals surface area contributed by atoms with Crippen molar-refractivity contribution in [3.05, 3.63) is 199 Å². The Kier molecular flexibility index (Phi) is 6.80. The molecule has 2 heteroatoms. The van der Waals surface area contributed by atoms with E-state index in [0.717, 1.165) is 6.42 Å². The zero-order chi connectivity index (χ0) is 33.0. The van der Waals surface area contributed by atoms with Crippen molar-refractivity contribution in [2.45, 2.75) is 24.4 Å². The molecule has 0 amide bonds. The van der Waals surface area contributed by atoms with E-state index in [0.29, 0.717) is 5.92 Å². The van der Waals surface area contributed by atoms with Crippen LogP contribution in [-0.4, -0.2) is 10.6 Å². The maximum Gasteiger partial charge on any atom is 0.0629 e. The first-order valence-electron chi connectivity index (χ1n) is 17.7. The summed E-state index contributed by atoms with van der Waals surface area (Å²) < 4.78 is 2.56. The molecule has 3 atom stereocenters. The number of nitrogens with zero attached hydrogens (tertiary/aromatic N) is 2. The van der Waals surface area contributed by atoms with Crippen LogP contribution in [0.4, 0.5) is 11.4 Å². The Hall–Kier alpha value is -6.12. The van der Waals surface area contributed by atoms with E-state index < -0.39 is 0 Å². The fourth-order valence-corrected chi connectivity index (χ4v) is 8.55. The van der Waals surface area contributed by atoms with Gasteiger partial charge in [0.1, 0.15) is 0 Å². The summed E-state index contributed by atoms with van der Waals surface area (Å²) in [5, 5.41) is 2.64. The molecule has 7 aromatic rings. The van der Waals surface area contributed by atoms with Gasteiger partial charge in [-0.2, -0.15) is 0 Å². The molecule has 0 spiro atoms. The van der Waals surface area contributed by atoms with Crippen LogP contribution < -0.4 is 4.90 Å². The molecule has 0 saturated heterocycles. The monoisotopic (exact) mass is 640 g/mol. The molecular formula is C48H36N2. The van der Waals surface area contributed by atoms with Gasteiger partial charge in [0.05, 0.1) is 17.6 Å². The minimum Gasteiger partial charge on any atom is -0.333 e. The molecule has 10 rings (SSSR count). The second-order valence-electron chi connectivity index (χ2n) is 13.6. The highest BCUT2D eigenvalue weighted by molar-refractivity contribution is 6.15. The molecule has 3 aliphatic rings. The van der Waals surface area contributed by atoms with Crippen molar-refractivity contribution in [2.24, 2.45) is 0 Å². The highest BCUT2D eigenvalue weighted by Crippen LogP contribution is 2.49. The minimum absolute atomic E-state index is 0.236. The van der Waals surface area contributed by atoms with Crippen molar-refractivity contribution < 1.29 is 0 Å². The topological polar surface area (TPSA) is 8.17 Å². The molecular weight excluding hydrogens is 605 g/mol. The number of benzene rings is 6. The van der Waals surface area contributed by atoms with E-state index in [4.69, 9.17) is 0 Å². The lowest BCUT2D eigenvalue weighted by atomic mass is 9.89. The van der Waals surface area contributed by atoms with Crippen LogP contribution in [0, 0.1) is 0 Å². The number of rotatable bonds is 5. The second kappa shape index (κ2) is 11.8. The van der Waals surface area contributed by atoms with Crippen molar-refractivity contribution in [2.75, 3.05) is 4.90 Å². The summed E-state index contributed by atoms with van der Waals surface area (Å²) in [6.07, 6.45) is 17.2. The van der Waals surface area contributed by atoms with Crippen molar-refractivity contribution in [3.63, 3.8) is 0 Å². The standard InChI is InChI=1S/C48H36N2/c1-3-12-33(13-4-1)34-22-24-35(25-23-34)36-26-29-39(30-27-36)50-45-20-10-8-17-42(45)48-40(18-11-21-47(48)50)37-28-31-46-43(32-37)41-16-7-9-19-44(41)49(46)38-14-5-2-6-15-38/h1-29,31-32,39,41,44H,30H2. The molecule has 6 aromatic carbocycles. The first-order valence-corrected chi connectivity index (χ1v) is 17.7. The summed E-state index contributed by atoms with van der Waals surface area (Å²) in [5.41, 5.74) is 14.1. The molecule has 0 radical (unpaired) electrons. The fourth-order valence-electron chi connectivity index (χ4n) is 8.55. The zero-order valence-electron chi connectivity index (χ0n) is 27.7. The summed E-state index contributed by atoms with van der Waals surface area (Å²) >= 11 is 0. The summed E-state index contributed by atoms with van der Waals surface area (Å²) in [6, 6.07) is 53.8. The van der Waals surface area contributed by atoms with Gasteiger partial charge in [-0.15, -0.1) is 0 Å². The van der Waals surface area contributed by atoms with Crippen LogP contribution in [0.15, 0.2) is 188 Å². The number of aromatic nitrogens is 1. The molecule has 0 fully saturated rings. The molecule has 2 aliphatic carbocycles. The highest BCUT2D eigenvalue weighted by Gasteiger charge is 2.37. The van der Waals surface area contributed by atoms with Crippen LogP contribution in [-0.2, 0) is 0 Å². The molecule has 50 heavy (non-hydrogen) atoms. The molecule has 238 valence electrons. The average Bonchev–Trinajstić information content (AvgIpc) is 3.71. The van der Waals surface area contributed by atoms with Gasteiger partial charge in [0.2, 0.25) is 0 Å². The van der Waals surface area contributed by atoms with Crippen LogP contribution in [0.3, 0.4) is 0 Å². The third-order valence-corrected chi connectivity index (χ3v) is 10.9. The van der Waals surface area contributed by atoms with Gasteiger partial charge in [0.15, 0.2) is 0 Å². The summed E-state index contributed by atoms with van der Waals surface area (Å²) in [7, 11) is 0. The van der Waals surface area contributed by atoms with E-state index in [1.807, 2.05) is 0 Å². The molecule has 0 bridgehead atoms. The molecule has 2 nitrogen and oxygen atoms in total. The van der Waals surface area contributed by atoms with Crippen LogP contribution in [0.5, 0.6) is 0 Å². The zero-order valence-corrected chi connectivity index (χ0v) is 27.7. The van der Waals surface area contributed by atoms with E-state index in [9.17, 15) is 0 Å². The lowest BCUT2D eigenvalue weighted by Crippen LogP contribution is -2.28. The van der Waals surface area contributed by atoms with Crippen LogP contribution in [0.2, 0.25) is 0 Å². The average molecular weight is 641 g/mol. The lowest BCUT2D eigenvalue weighted by molar-refractivity contribution is 0.649. The molecule has 3 unspecified atom stereocenters. The first-order chi connectivity index (χ1) is 24.8. The third-order valence-electron chi connectivity index (χ3n) is 10.9.